The molecule has 0 heterocycles. The van der Waals surface area contributed by atoms with Gasteiger partial charge in [0.25, 0.3) is 0 Å². The molecule has 68 valence electrons. The molecule has 0 aliphatic heterocycles. The molecular weight excluding hydrogens is 178 g/mol. The molecule has 4 heteroatoms. The Hall–Kier alpha value is -2.33. The minimum absolute atomic E-state index is 0.157. The molecule has 0 amide bonds. The van der Waals surface area contributed by atoms with Crippen molar-refractivity contribution in [3.8, 4) is 17.9 Å². The fourth-order valence-corrected chi connectivity index (χ4v) is 0.861. The monoisotopic (exact) mass is 185 g/mol. The van der Waals surface area contributed by atoms with E-state index in [-0.39, 0.29) is 5.71 Å². The molecule has 0 bridgehead atoms. The van der Waals surface area contributed by atoms with Crippen LogP contribution in [-0.2, 0) is 0 Å². The van der Waals surface area contributed by atoms with Crippen LogP contribution in [0.3, 0.4) is 0 Å². The average molecular weight is 185 g/mol. The Balaban J connectivity index is 2.95. The van der Waals surface area contributed by atoms with Crippen LogP contribution in [0.5, 0.6) is 5.75 Å². The predicted octanol–water partition coefficient (Wildman–Crippen LogP) is 1.81. The lowest BCUT2D eigenvalue weighted by molar-refractivity contribution is 0.415. The fraction of sp³-hybridized carbons (Fsp3) is 0.100. The Bertz CT molecular complexity index is 404. The number of hydrogen-bond acceptors (Lipinski definition) is 4. The van der Waals surface area contributed by atoms with Crippen LogP contribution in [0, 0.1) is 22.7 Å². The Morgan fingerprint density at radius 3 is 2.21 bits per heavy atom. The number of ether oxygens (including phenoxy) is 1. The number of nitriles is 2. The molecule has 1 rings (SSSR count). The Kier molecular flexibility index (Phi) is 3.23. The number of benzene rings is 1. The predicted molar refractivity (Wildman–Crippen MR) is 51.3 cm³/mol. The summed E-state index contributed by atoms with van der Waals surface area (Å²) in [5.74, 6) is 0.708. The zero-order chi connectivity index (χ0) is 10.4. The van der Waals surface area contributed by atoms with E-state index in [4.69, 9.17) is 15.3 Å². The van der Waals surface area contributed by atoms with E-state index in [0.29, 0.717) is 11.4 Å². The summed E-state index contributed by atoms with van der Waals surface area (Å²) in [6.45, 7) is 0. The molecule has 0 saturated carbocycles. The highest BCUT2D eigenvalue weighted by Crippen LogP contribution is 2.17. The maximum absolute atomic E-state index is 8.46. The van der Waals surface area contributed by atoms with E-state index in [1.165, 1.54) is 0 Å². The third-order valence-corrected chi connectivity index (χ3v) is 1.53. The quantitative estimate of drug-likeness (QED) is 0.660. The molecule has 0 N–H and O–H groups in total. The summed E-state index contributed by atoms with van der Waals surface area (Å²) >= 11 is 0. The van der Waals surface area contributed by atoms with Gasteiger partial charge in [0.05, 0.1) is 12.8 Å². The highest BCUT2D eigenvalue weighted by atomic mass is 16.5. The van der Waals surface area contributed by atoms with Gasteiger partial charge in [-0.1, -0.05) is 0 Å². The summed E-state index contributed by atoms with van der Waals surface area (Å²) in [6.07, 6.45) is 0. The van der Waals surface area contributed by atoms with E-state index < -0.39 is 0 Å². The van der Waals surface area contributed by atoms with Crippen LogP contribution in [-0.4, -0.2) is 12.8 Å². The number of hydrogen-bond donors (Lipinski definition) is 0. The van der Waals surface area contributed by atoms with Gasteiger partial charge in [0.15, 0.2) is 0 Å². The number of nitrogens with zero attached hydrogens (tertiary/aromatic N) is 3. The minimum atomic E-state index is -0.157. The van der Waals surface area contributed by atoms with Gasteiger partial charge in [-0.25, -0.2) is 4.99 Å². The summed E-state index contributed by atoms with van der Waals surface area (Å²) in [4.78, 5) is 3.81. The molecule has 0 radical (unpaired) electrons. The largest absolute Gasteiger partial charge is 0.497 e. The zero-order valence-corrected chi connectivity index (χ0v) is 7.56. The molecule has 0 aromatic heterocycles. The van der Waals surface area contributed by atoms with Crippen LogP contribution >= 0.6 is 0 Å². The Morgan fingerprint density at radius 2 is 1.79 bits per heavy atom. The standard InChI is InChI=1S/C10H7N3O/c1-14-10-4-2-8(3-5-10)13-9(6-11)7-12/h2-5H,1H3. The summed E-state index contributed by atoms with van der Waals surface area (Å²) in [6, 6.07) is 10.1. The Morgan fingerprint density at radius 1 is 1.21 bits per heavy atom. The highest BCUT2D eigenvalue weighted by molar-refractivity contribution is 6.11. The first kappa shape index (κ1) is 9.76. The minimum Gasteiger partial charge on any atom is -0.497 e. The smallest absolute Gasteiger partial charge is 0.218 e. The second kappa shape index (κ2) is 4.64. The normalized spacial score (nSPS) is 8.21. The van der Waals surface area contributed by atoms with Gasteiger partial charge in [-0.2, -0.15) is 10.5 Å². The molecule has 0 aliphatic carbocycles. The third-order valence-electron chi connectivity index (χ3n) is 1.53. The molecule has 0 atom stereocenters. The lowest BCUT2D eigenvalue weighted by Gasteiger charge is -1.98. The van der Waals surface area contributed by atoms with Crippen LogP contribution in [0.15, 0.2) is 29.3 Å². The Labute approximate surface area is 81.7 Å². The van der Waals surface area contributed by atoms with Crippen molar-refractivity contribution in [1.82, 2.24) is 0 Å². The summed E-state index contributed by atoms with van der Waals surface area (Å²) in [5, 5.41) is 16.9. The molecule has 1 aromatic rings. The molecule has 0 aliphatic rings. The van der Waals surface area contributed by atoms with Crippen molar-refractivity contribution >= 4 is 11.4 Å². The first-order valence-corrected chi connectivity index (χ1v) is 3.83. The van der Waals surface area contributed by atoms with Crippen LogP contribution in [0.1, 0.15) is 0 Å². The highest BCUT2D eigenvalue weighted by Gasteiger charge is 1.95. The van der Waals surface area contributed by atoms with Crippen LogP contribution < -0.4 is 4.74 Å². The van der Waals surface area contributed by atoms with E-state index in [1.807, 2.05) is 0 Å². The van der Waals surface area contributed by atoms with Gasteiger partial charge >= 0.3 is 0 Å². The van der Waals surface area contributed by atoms with Crippen LogP contribution in [0.2, 0.25) is 0 Å². The van der Waals surface area contributed by atoms with E-state index in [9.17, 15) is 0 Å². The topological polar surface area (TPSA) is 69.2 Å². The molecular formula is C10H7N3O. The van der Waals surface area contributed by atoms with Crippen molar-refractivity contribution in [3.63, 3.8) is 0 Å². The van der Waals surface area contributed by atoms with Gasteiger partial charge in [0.2, 0.25) is 5.71 Å². The summed E-state index contributed by atoms with van der Waals surface area (Å²) in [5.41, 5.74) is 0.402. The number of rotatable bonds is 2. The van der Waals surface area contributed by atoms with E-state index >= 15 is 0 Å². The molecule has 0 unspecified atom stereocenters. The summed E-state index contributed by atoms with van der Waals surface area (Å²) in [7, 11) is 1.56. The number of methoxy groups -OCH3 is 1. The first-order valence-electron chi connectivity index (χ1n) is 3.83. The van der Waals surface area contributed by atoms with Crippen molar-refractivity contribution in [2.45, 2.75) is 0 Å². The molecule has 1 aromatic carbocycles. The van der Waals surface area contributed by atoms with Crippen LogP contribution in [0.25, 0.3) is 0 Å². The molecule has 0 fully saturated rings. The van der Waals surface area contributed by atoms with E-state index in [1.54, 1.807) is 43.5 Å². The van der Waals surface area contributed by atoms with Crippen molar-refractivity contribution in [1.29, 1.82) is 10.5 Å². The third kappa shape index (κ3) is 2.33. The summed E-state index contributed by atoms with van der Waals surface area (Å²) < 4.78 is 4.95. The molecule has 14 heavy (non-hydrogen) atoms. The SMILES string of the molecule is COc1ccc(N=C(C#N)C#N)cc1. The van der Waals surface area contributed by atoms with E-state index in [0.717, 1.165) is 0 Å². The van der Waals surface area contributed by atoms with Crippen molar-refractivity contribution in [3.05, 3.63) is 24.3 Å². The molecule has 0 saturated heterocycles. The van der Waals surface area contributed by atoms with Crippen molar-refractivity contribution < 1.29 is 4.74 Å². The average Bonchev–Trinajstić information content (AvgIpc) is 2.26. The van der Waals surface area contributed by atoms with Gasteiger partial charge in [-0.3, -0.25) is 0 Å². The lowest BCUT2D eigenvalue weighted by atomic mass is 10.3. The van der Waals surface area contributed by atoms with Crippen LogP contribution in [0.4, 0.5) is 5.69 Å². The van der Waals surface area contributed by atoms with E-state index in [2.05, 4.69) is 4.99 Å². The van der Waals surface area contributed by atoms with Gasteiger partial charge in [-0.15, -0.1) is 0 Å². The molecule has 0 spiro atoms. The van der Waals surface area contributed by atoms with Gasteiger partial charge < -0.3 is 4.74 Å². The van der Waals surface area contributed by atoms with Crippen molar-refractivity contribution in [2.75, 3.05) is 7.11 Å². The number of aliphatic imine (C=N–C) groups is 1. The second-order valence-corrected chi connectivity index (χ2v) is 2.38. The molecule has 4 nitrogen and oxygen atoms in total. The van der Waals surface area contributed by atoms with Gasteiger partial charge in [-0.05, 0) is 24.3 Å². The maximum atomic E-state index is 8.46. The second-order valence-electron chi connectivity index (χ2n) is 2.38. The van der Waals surface area contributed by atoms with Crippen molar-refractivity contribution in [2.24, 2.45) is 4.99 Å². The fourth-order valence-electron chi connectivity index (χ4n) is 0.861. The lowest BCUT2D eigenvalue weighted by Crippen LogP contribution is -1.86. The first-order chi connectivity index (χ1) is 6.80. The maximum Gasteiger partial charge on any atom is 0.218 e. The van der Waals surface area contributed by atoms with Gasteiger partial charge in [0, 0.05) is 0 Å². The van der Waals surface area contributed by atoms with Gasteiger partial charge in [0.1, 0.15) is 17.9 Å². The zero-order valence-electron chi connectivity index (χ0n) is 7.56.